The van der Waals surface area contributed by atoms with E-state index in [9.17, 15) is 9.90 Å². The number of carbonyl (C=O) groups is 1. The maximum atomic E-state index is 12.2. The molecule has 0 saturated heterocycles. The summed E-state index contributed by atoms with van der Waals surface area (Å²) in [5, 5.41) is 11.4. The second-order valence-electron chi connectivity index (χ2n) is 7.59. The van der Waals surface area contributed by atoms with Crippen molar-refractivity contribution in [1.29, 1.82) is 0 Å². The molecule has 31 heavy (non-hydrogen) atoms. The molecule has 160 valence electrons. The quantitative estimate of drug-likeness (QED) is 0.584. The normalized spacial score (nSPS) is 20.1. The maximum absolute atomic E-state index is 12.2. The Morgan fingerprint density at radius 2 is 2.00 bits per heavy atom. The molecule has 2 atom stereocenters. The molecular formula is C25H25NO4S. The standard InChI is InChI=1S/C25H25NO4S/c1-4-29-25(28)23-16(3)26-24(31-23)18-12-20-15(2)22(11-10-19(20)21(27)13-18)30-14-17-8-6-5-7-9-17/h5-13,15,20,27H,4,14H2,1-3H3. The van der Waals surface area contributed by atoms with E-state index >= 15 is 0 Å². The molecule has 1 aromatic heterocycles. The van der Waals surface area contributed by atoms with E-state index in [-0.39, 0.29) is 23.6 Å². The van der Waals surface area contributed by atoms with Crippen molar-refractivity contribution in [2.24, 2.45) is 11.8 Å². The smallest absolute Gasteiger partial charge is 0.350 e. The van der Waals surface area contributed by atoms with Gasteiger partial charge in [-0.15, -0.1) is 11.3 Å². The Kier molecular flexibility index (Phi) is 6.09. The van der Waals surface area contributed by atoms with Crippen LogP contribution in [0.25, 0.3) is 5.57 Å². The van der Waals surface area contributed by atoms with Crippen LogP contribution >= 0.6 is 11.3 Å². The molecule has 0 bridgehead atoms. The fourth-order valence-corrected chi connectivity index (χ4v) is 4.76. The number of ether oxygens (including phenoxy) is 2. The summed E-state index contributed by atoms with van der Waals surface area (Å²) < 4.78 is 11.2. The van der Waals surface area contributed by atoms with Crippen molar-refractivity contribution in [3.63, 3.8) is 0 Å². The zero-order valence-electron chi connectivity index (χ0n) is 17.8. The van der Waals surface area contributed by atoms with Crippen LogP contribution in [0, 0.1) is 18.8 Å². The molecule has 1 aromatic carbocycles. The number of aliphatic hydroxyl groups excluding tert-OH is 1. The summed E-state index contributed by atoms with van der Waals surface area (Å²) in [6.45, 7) is 6.49. The topological polar surface area (TPSA) is 68.7 Å². The predicted molar refractivity (Wildman–Crippen MR) is 122 cm³/mol. The van der Waals surface area contributed by atoms with Crippen LogP contribution in [-0.4, -0.2) is 22.7 Å². The van der Waals surface area contributed by atoms with Crippen LogP contribution in [0.15, 0.2) is 71.7 Å². The van der Waals surface area contributed by atoms with Gasteiger partial charge < -0.3 is 14.6 Å². The van der Waals surface area contributed by atoms with E-state index in [1.807, 2.05) is 42.5 Å². The van der Waals surface area contributed by atoms with Crippen LogP contribution in [-0.2, 0) is 16.1 Å². The van der Waals surface area contributed by atoms with Crippen molar-refractivity contribution < 1.29 is 19.4 Å². The number of aliphatic hydroxyl groups is 1. The summed E-state index contributed by atoms with van der Waals surface area (Å²) in [5.74, 6) is 0.759. The van der Waals surface area contributed by atoms with Crippen molar-refractivity contribution in [3.8, 4) is 0 Å². The van der Waals surface area contributed by atoms with Crippen molar-refractivity contribution in [3.05, 3.63) is 92.9 Å². The molecule has 0 radical (unpaired) electrons. The Balaban J connectivity index is 1.57. The number of carbonyl (C=O) groups excluding carboxylic acids is 1. The molecule has 0 amide bonds. The van der Waals surface area contributed by atoms with Crippen LogP contribution < -0.4 is 0 Å². The minimum absolute atomic E-state index is 0.0361. The Morgan fingerprint density at radius 1 is 1.23 bits per heavy atom. The lowest BCUT2D eigenvalue weighted by Gasteiger charge is -2.31. The molecule has 6 heteroatoms. The lowest BCUT2D eigenvalue weighted by molar-refractivity contribution is 0.0531. The molecule has 5 nitrogen and oxygen atoms in total. The van der Waals surface area contributed by atoms with Crippen LogP contribution in [0.1, 0.15) is 39.8 Å². The second-order valence-corrected chi connectivity index (χ2v) is 8.58. The van der Waals surface area contributed by atoms with E-state index < -0.39 is 0 Å². The Bertz CT molecular complexity index is 1110. The minimum atomic E-state index is -0.362. The number of rotatable bonds is 6. The zero-order chi connectivity index (χ0) is 22.0. The second kappa shape index (κ2) is 8.94. The molecule has 2 aliphatic rings. The van der Waals surface area contributed by atoms with E-state index in [0.717, 1.165) is 22.5 Å². The Morgan fingerprint density at radius 3 is 2.74 bits per heavy atom. The van der Waals surface area contributed by atoms with Crippen LogP contribution in [0.5, 0.6) is 0 Å². The summed E-state index contributed by atoms with van der Waals surface area (Å²) in [5.41, 5.74) is 3.41. The lowest BCUT2D eigenvalue weighted by atomic mass is 9.77. The predicted octanol–water partition coefficient (Wildman–Crippen LogP) is 5.76. The molecule has 1 heterocycles. The van der Waals surface area contributed by atoms with Gasteiger partial charge in [-0.1, -0.05) is 49.4 Å². The number of aryl methyl sites for hydroxylation is 1. The third-order valence-corrected chi connectivity index (χ3v) is 6.66. The van der Waals surface area contributed by atoms with E-state index in [0.29, 0.717) is 28.8 Å². The number of thiazole rings is 1. The van der Waals surface area contributed by atoms with Crippen LogP contribution in [0.2, 0.25) is 0 Å². The molecule has 0 saturated carbocycles. The van der Waals surface area contributed by atoms with Gasteiger partial charge in [0.05, 0.1) is 12.3 Å². The third-order valence-electron chi connectivity index (χ3n) is 5.47. The first-order chi connectivity index (χ1) is 15.0. The molecule has 4 rings (SSSR count). The van der Waals surface area contributed by atoms with E-state index in [4.69, 9.17) is 9.47 Å². The number of benzene rings is 1. The highest BCUT2D eigenvalue weighted by Crippen LogP contribution is 2.42. The lowest BCUT2D eigenvalue weighted by Crippen LogP contribution is -2.22. The summed E-state index contributed by atoms with van der Waals surface area (Å²) >= 11 is 1.29. The monoisotopic (exact) mass is 435 g/mol. The molecule has 2 aromatic rings. The van der Waals surface area contributed by atoms with Gasteiger partial charge in [0.2, 0.25) is 0 Å². The number of esters is 1. The first-order valence-corrected chi connectivity index (χ1v) is 11.2. The largest absolute Gasteiger partial charge is 0.508 e. The van der Waals surface area contributed by atoms with Gasteiger partial charge in [0.1, 0.15) is 28.0 Å². The number of nitrogens with zero attached hydrogens (tertiary/aromatic N) is 1. The molecule has 0 fully saturated rings. The average Bonchev–Trinajstić information content (AvgIpc) is 3.16. The first kappa shape index (κ1) is 21.1. The summed E-state index contributed by atoms with van der Waals surface area (Å²) in [6, 6.07) is 10.0. The zero-order valence-corrected chi connectivity index (χ0v) is 18.6. The minimum Gasteiger partial charge on any atom is -0.508 e. The fourth-order valence-electron chi connectivity index (χ4n) is 3.80. The molecule has 1 N–H and O–H groups in total. The number of fused-ring (bicyclic) bond motifs is 1. The van der Waals surface area contributed by atoms with Gasteiger partial charge in [0.25, 0.3) is 0 Å². The highest BCUT2D eigenvalue weighted by atomic mass is 32.1. The van der Waals surface area contributed by atoms with Crippen LogP contribution in [0.4, 0.5) is 0 Å². The summed E-state index contributed by atoms with van der Waals surface area (Å²) in [6.07, 6.45) is 7.67. The molecule has 2 unspecified atom stereocenters. The molecule has 0 aliphatic heterocycles. The number of hydrogen-bond acceptors (Lipinski definition) is 6. The number of aromatic nitrogens is 1. The van der Waals surface area contributed by atoms with Gasteiger partial charge in [-0.05, 0) is 31.6 Å². The third kappa shape index (κ3) is 4.35. The maximum Gasteiger partial charge on any atom is 0.350 e. The van der Waals surface area contributed by atoms with Crippen molar-refractivity contribution in [2.45, 2.75) is 27.4 Å². The van der Waals surface area contributed by atoms with Crippen molar-refractivity contribution in [2.75, 3.05) is 6.61 Å². The highest BCUT2D eigenvalue weighted by molar-refractivity contribution is 7.14. The summed E-state index contributed by atoms with van der Waals surface area (Å²) in [7, 11) is 0. The van der Waals surface area contributed by atoms with Crippen molar-refractivity contribution >= 4 is 22.9 Å². The number of allylic oxidation sites excluding steroid dienone is 7. The molecular weight excluding hydrogens is 410 g/mol. The molecule has 0 spiro atoms. The van der Waals surface area contributed by atoms with E-state index in [1.165, 1.54) is 11.3 Å². The highest BCUT2D eigenvalue weighted by Gasteiger charge is 2.32. The first-order valence-electron chi connectivity index (χ1n) is 10.3. The van der Waals surface area contributed by atoms with Crippen LogP contribution in [0.3, 0.4) is 0 Å². The number of hydrogen-bond donors (Lipinski definition) is 1. The fraction of sp³-hybridized carbons (Fsp3) is 0.280. The van der Waals surface area contributed by atoms with Gasteiger partial charge in [0, 0.05) is 23.0 Å². The van der Waals surface area contributed by atoms with E-state index in [2.05, 4.69) is 18.0 Å². The molecule has 2 aliphatic carbocycles. The van der Waals surface area contributed by atoms with Gasteiger partial charge >= 0.3 is 5.97 Å². The summed E-state index contributed by atoms with van der Waals surface area (Å²) in [4.78, 5) is 17.2. The van der Waals surface area contributed by atoms with Crippen molar-refractivity contribution in [1.82, 2.24) is 4.98 Å². The van der Waals surface area contributed by atoms with Gasteiger partial charge in [0.15, 0.2) is 0 Å². The van der Waals surface area contributed by atoms with Gasteiger partial charge in [-0.25, -0.2) is 9.78 Å². The van der Waals surface area contributed by atoms with E-state index in [1.54, 1.807) is 19.9 Å². The Hall–Kier alpha value is -3.12. The SMILES string of the molecule is CCOC(=O)c1sc(C2=CC3C(=CC=C(OCc4ccccc4)C3C)C(O)=C2)nc1C. The van der Waals surface area contributed by atoms with Gasteiger partial charge in [-0.2, -0.15) is 0 Å². The Labute approximate surface area is 186 Å². The van der Waals surface area contributed by atoms with Gasteiger partial charge in [-0.3, -0.25) is 0 Å². The average molecular weight is 436 g/mol.